The second kappa shape index (κ2) is 11.6. The van der Waals surface area contributed by atoms with Crippen LogP contribution < -0.4 is 0 Å². The highest BCUT2D eigenvalue weighted by molar-refractivity contribution is 7.15. The third-order valence-corrected chi connectivity index (χ3v) is 10.00. The summed E-state index contributed by atoms with van der Waals surface area (Å²) in [7, 11) is 0. The fourth-order valence-electron chi connectivity index (χ4n) is 6.78. The monoisotopic (exact) mass is 579 g/mol. The van der Waals surface area contributed by atoms with Gasteiger partial charge in [0.2, 0.25) is 5.91 Å². The van der Waals surface area contributed by atoms with Gasteiger partial charge in [0.05, 0.1) is 45.7 Å². The Bertz CT molecular complexity index is 1700. The lowest BCUT2D eigenvalue weighted by Gasteiger charge is -2.28. The first-order valence-electron chi connectivity index (χ1n) is 15.2. The number of hydrogen-bond donors (Lipinski definition) is 0. The van der Waals surface area contributed by atoms with E-state index in [1.807, 2.05) is 24.2 Å². The Balaban J connectivity index is 1.35. The van der Waals surface area contributed by atoms with Gasteiger partial charge in [-0.25, -0.2) is 9.97 Å². The number of nitrogens with zero attached hydrogens (tertiary/aromatic N) is 5. The summed E-state index contributed by atoms with van der Waals surface area (Å²) in [6.45, 7) is 6.90. The lowest BCUT2D eigenvalue weighted by molar-refractivity contribution is -0.135. The van der Waals surface area contributed by atoms with E-state index in [9.17, 15) is 4.79 Å². The van der Waals surface area contributed by atoms with E-state index < -0.39 is 0 Å². The summed E-state index contributed by atoms with van der Waals surface area (Å²) >= 11 is 1.69. The quantitative estimate of drug-likeness (QED) is 0.243. The van der Waals surface area contributed by atoms with E-state index in [1.165, 1.54) is 48.9 Å². The summed E-state index contributed by atoms with van der Waals surface area (Å²) in [5.41, 5.74) is 8.94. The van der Waals surface area contributed by atoms with Crippen molar-refractivity contribution in [1.29, 1.82) is 0 Å². The number of hydrogen-bond acceptors (Lipinski definition) is 6. The molecule has 1 saturated heterocycles. The Labute approximate surface area is 251 Å². The summed E-state index contributed by atoms with van der Waals surface area (Å²) in [5.74, 6) is 0.636. The Morgan fingerprint density at radius 2 is 1.86 bits per heavy atom. The third kappa shape index (κ3) is 5.22. The molecule has 0 atom stereocenters. The van der Waals surface area contributed by atoms with Gasteiger partial charge in [-0.3, -0.25) is 9.79 Å². The van der Waals surface area contributed by atoms with Gasteiger partial charge in [0, 0.05) is 43.0 Å². The molecule has 2 aliphatic heterocycles. The Morgan fingerprint density at radius 1 is 1.02 bits per heavy atom. The number of aromatic nitrogens is 3. The van der Waals surface area contributed by atoms with Gasteiger partial charge in [-0.15, -0.1) is 11.3 Å². The van der Waals surface area contributed by atoms with Gasteiger partial charge in [-0.1, -0.05) is 31.4 Å². The molecule has 0 N–H and O–H groups in total. The Kier molecular flexibility index (Phi) is 7.50. The molecular weight excluding hydrogens is 542 g/mol. The first-order chi connectivity index (χ1) is 20.5. The number of aryl methyl sites for hydroxylation is 2. The summed E-state index contributed by atoms with van der Waals surface area (Å²) in [6, 6.07) is 13.3. The van der Waals surface area contributed by atoms with Crippen molar-refractivity contribution in [3.05, 3.63) is 64.6 Å². The van der Waals surface area contributed by atoms with E-state index in [1.54, 1.807) is 11.3 Å². The topological polar surface area (TPSA) is 72.6 Å². The average molecular weight is 580 g/mol. The molecular formula is C34H37N5O2S. The molecule has 1 aromatic carbocycles. The predicted octanol–water partition coefficient (Wildman–Crippen LogP) is 7.17. The molecule has 7 rings (SSSR count). The molecule has 4 aromatic rings. The van der Waals surface area contributed by atoms with Crippen molar-refractivity contribution >= 4 is 39.9 Å². The molecule has 216 valence electrons. The van der Waals surface area contributed by atoms with Gasteiger partial charge in [0.15, 0.2) is 0 Å². The number of amides is 1. The largest absolute Gasteiger partial charge is 0.378 e. The minimum Gasteiger partial charge on any atom is -0.378 e. The van der Waals surface area contributed by atoms with Crippen LogP contribution in [-0.2, 0) is 16.1 Å². The second-order valence-electron chi connectivity index (χ2n) is 11.7. The smallest absolute Gasteiger partial charge is 0.242 e. The predicted molar refractivity (Wildman–Crippen MR) is 170 cm³/mol. The Morgan fingerprint density at radius 3 is 2.60 bits per heavy atom. The van der Waals surface area contributed by atoms with Crippen LogP contribution in [0.5, 0.6) is 0 Å². The molecule has 7 nitrogen and oxygen atoms in total. The maximum absolute atomic E-state index is 13.7. The van der Waals surface area contributed by atoms with Crippen LogP contribution in [0.1, 0.15) is 66.4 Å². The maximum Gasteiger partial charge on any atom is 0.242 e. The first-order valence-corrected chi connectivity index (χ1v) is 16.0. The van der Waals surface area contributed by atoms with Crippen LogP contribution in [0.3, 0.4) is 0 Å². The number of morpholine rings is 1. The lowest BCUT2D eigenvalue weighted by Crippen LogP contribution is -2.42. The molecule has 1 amide bonds. The number of thiazole rings is 1. The summed E-state index contributed by atoms with van der Waals surface area (Å²) in [6.07, 6.45) is 10.9. The van der Waals surface area contributed by atoms with E-state index in [0.29, 0.717) is 38.8 Å². The fourth-order valence-corrected chi connectivity index (χ4v) is 7.67. The van der Waals surface area contributed by atoms with Crippen molar-refractivity contribution in [3.63, 3.8) is 0 Å². The van der Waals surface area contributed by atoms with Gasteiger partial charge in [-0.05, 0) is 73.6 Å². The SMILES string of the molecule is Cc1nc(C)c(-c2ccc3cc(-c4c(C5CCCCC5)cc(C5=CN=CC5)n4CC(=O)N4CCOCC4)ccc3n2)s1. The van der Waals surface area contributed by atoms with Crippen LogP contribution in [-0.4, -0.2) is 57.9 Å². The molecule has 1 aliphatic carbocycles. The summed E-state index contributed by atoms with van der Waals surface area (Å²) in [5, 5.41) is 2.16. The molecule has 0 spiro atoms. The van der Waals surface area contributed by atoms with Gasteiger partial charge in [-0.2, -0.15) is 0 Å². The standard InChI is InChI=1S/C34H37N5O2S/c1-22-34(42-23(2)36-22)30-11-8-25-18-26(9-10-29(25)37-30)33-28(24-6-4-3-5-7-24)19-31(27-12-13-35-20-27)39(33)21-32(40)38-14-16-41-17-15-38/h8-11,13,18-20,24H,3-7,12,14-17,21H2,1-2H3. The first kappa shape index (κ1) is 27.2. The van der Waals surface area contributed by atoms with E-state index in [-0.39, 0.29) is 5.91 Å². The number of pyridine rings is 1. The molecule has 0 unspecified atom stereocenters. The number of aliphatic imine (C=N–C) groups is 1. The zero-order valence-corrected chi connectivity index (χ0v) is 25.3. The minimum absolute atomic E-state index is 0.147. The van der Waals surface area contributed by atoms with Gasteiger partial charge < -0.3 is 14.2 Å². The van der Waals surface area contributed by atoms with Crippen LogP contribution in [0, 0.1) is 13.8 Å². The maximum atomic E-state index is 13.7. The van der Waals surface area contributed by atoms with Crippen LogP contribution in [0.25, 0.3) is 38.3 Å². The molecule has 42 heavy (non-hydrogen) atoms. The fraction of sp³-hybridized carbons (Fsp3) is 0.412. The highest BCUT2D eigenvalue weighted by Crippen LogP contribution is 2.43. The molecule has 1 saturated carbocycles. The van der Waals surface area contributed by atoms with Crippen molar-refractivity contribution < 1.29 is 9.53 Å². The van der Waals surface area contributed by atoms with Crippen LogP contribution >= 0.6 is 11.3 Å². The number of fused-ring (bicyclic) bond motifs is 1. The summed E-state index contributed by atoms with van der Waals surface area (Å²) < 4.78 is 7.82. The minimum atomic E-state index is 0.147. The number of carbonyl (C=O) groups excluding carboxylic acids is 1. The van der Waals surface area contributed by atoms with E-state index in [0.717, 1.165) is 49.9 Å². The van der Waals surface area contributed by atoms with Crippen LogP contribution in [0.4, 0.5) is 0 Å². The third-order valence-electron chi connectivity index (χ3n) is 8.90. The van der Waals surface area contributed by atoms with Crippen molar-refractivity contribution in [2.75, 3.05) is 26.3 Å². The number of carbonyl (C=O) groups is 1. The number of ether oxygens (including phenoxy) is 1. The van der Waals surface area contributed by atoms with Crippen molar-refractivity contribution in [3.8, 4) is 21.8 Å². The normalized spacial score (nSPS) is 17.8. The molecule has 0 bridgehead atoms. The van der Waals surface area contributed by atoms with Crippen molar-refractivity contribution in [2.45, 2.75) is 64.8 Å². The lowest BCUT2D eigenvalue weighted by atomic mass is 9.83. The zero-order chi connectivity index (χ0) is 28.6. The molecule has 0 radical (unpaired) electrons. The van der Waals surface area contributed by atoms with E-state index in [2.05, 4.69) is 57.9 Å². The van der Waals surface area contributed by atoms with Crippen molar-refractivity contribution in [1.82, 2.24) is 19.4 Å². The molecule has 5 heterocycles. The molecule has 8 heteroatoms. The average Bonchev–Trinajstić information content (AvgIpc) is 3.76. The number of benzene rings is 1. The number of rotatable bonds is 6. The van der Waals surface area contributed by atoms with Crippen LogP contribution in [0.15, 0.2) is 47.6 Å². The molecule has 3 aliphatic rings. The van der Waals surface area contributed by atoms with Gasteiger partial charge in [0.1, 0.15) is 6.54 Å². The van der Waals surface area contributed by atoms with Crippen molar-refractivity contribution in [2.24, 2.45) is 4.99 Å². The zero-order valence-electron chi connectivity index (χ0n) is 24.4. The van der Waals surface area contributed by atoms with Gasteiger partial charge in [0.25, 0.3) is 0 Å². The molecule has 3 aromatic heterocycles. The van der Waals surface area contributed by atoms with Gasteiger partial charge >= 0.3 is 0 Å². The highest BCUT2D eigenvalue weighted by Gasteiger charge is 2.28. The number of allylic oxidation sites excluding steroid dienone is 1. The van der Waals surface area contributed by atoms with E-state index >= 15 is 0 Å². The van der Waals surface area contributed by atoms with Crippen LogP contribution in [0.2, 0.25) is 0 Å². The summed E-state index contributed by atoms with van der Waals surface area (Å²) in [4.78, 5) is 30.8. The Hall–Kier alpha value is -3.62. The second-order valence-corrected chi connectivity index (χ2v) is 12.9. The highest BCUT2D eigenvalue weighted by atomic mass is 32.1. The van der Waals surface area contributed by atoms with E-state index in [4.69, 9.17) is 9.72 Å². The molecule has 2 fully saturated rings.